The van der Waals surface area contributed by atoms with Crippen LogP contribution in [0.2, 0.25) is 0 Å². The van der Waals surface area contributed by atoms with E-state index >= 15 is 0 Å². The van der Waals surface area contributed by atoms with E-state index in [-0.39, 0.29) is 6.10 Å². The van der Waals surface area contributed by atoms with Crippen molar-refractivity contribution in [2.45, 2.75) is 122 Å². The molecule has 0 aliphatic carbocycles. The van der Waals surface area contributed by atoms with Gasteiger partial charge in [0.1, 0.15) is 0 Å². The zero-order valence-corrected chi connectivity index (χ0v) is 15.2. The second kappa shape index (κ2) is 19.0. The van der Waals surface area contributed by atoms with Gasteiger partial charge in [-0.15, -0.1) is 0 Å². The maximum absolute atomic E-state index is 9.46. The lowest BCUT2D eigenvalue weighted by atomic mass is 10.0. The van der Waals surface area contributed by atoms with Crippen LogP contribution in [0.3, 0.4) is 0 Å². The minimum Gasteiger partial charge on any atom is -0.396 e. The molecule has 1 unspecified atom stereocenters. The highest BCUT2D eigenvalue weighted by Gasteiger charge is 1.99. The highest BCUT2D eigenvalue weighted by atomic mass is 16.3. The Balaban J connectivity index is 2.97. The van der Waals surface area contributed by atoms with Crippen LogP contribution in [0.5, 0.6) is 0 Å². The van der Waals surface area contributed by atoms with E-state index in [2.05, 4.69) is 6.92 Å². The third kappa shape index (κ3) is 18.0. The molecule has 22 heavy (non-hydrogen) atoms. The van der Waals surface area contributed by atoms with Gasteiger partial charge < -0.3 is 10.2 Å². The third-order valence-electron chi connectivity index (χ3n) is 4.67. The normalized spacial score (nSPS) is 12.7. The van der Waals surface area contributed by atoms with E-state index in [0.29, 0.717) is 6.61 Å². The first-order valence-corrected chi connectivity index (χ1v) is 10.1. The molecule has 2 nitrogen and oxygen atoms in total. The van der Waals surface area contributed by atoms with Crippen LogP contribution in [0.15, 0.2) is 0 Å². The Kier molecular flexibility index (Phi) is 18.9. The molecule has 0 spiro atoms. The van der Waals surface area contributed by atoms with Gasteiger partial charge in [-0.05, 0) is 19.3 Å². The minimum absolute atomic E-state index is 0.0605. The van der Waals surface area contributed by atoms with Crippen molar-refractivity contribution in [2.24, 2.45) is 0 Å². The Bertz CT molecular complexity index is 194. The van der Waals surface area contributed by atoms with Crippen LogP contribution >= 0.6 is 0 Å². The molecule has 1 atom stereocenters. The maximum atomic E-state index is 9.46. The number of aliphatic hydroxyl groups is 2. The van der Waals surface area contributed by atoms with Crippen molar-refractivity contribution in [3.8, 4) is 0 Å². The Labute approximate surface area is 139 Å². The molecule has 0 radical (unpaired) electrons. The summed E-state index contributed by atoms with van der Waals surface area (Å²) in [6.07, 6.45) is 21.8. The zero-order chi connectivity index (χ0) is 16.3. The number of rotatable bonds is 18. The average molecular weight is 315 g/mol. The van der Waals surface area contributed by atoms with E-state index in [1.54, 1.807) is 0 Å². The number of unbranched alkanes of at least 4 members (excludes halogenated alkanes) is 14. The van der Waals surface area contributed by atoms with Crippen molar-refractivity contribution in [1.29, 1.82) is 0 Å². The van der Waals surface area contributed by atoms with Crippen molar-refractivity contribution in [3.63, 3.8) is 0 Å². The summed E-state index contributed by atoms with van der Waals surface area (Å²) in [5, 5.41) is 18.2. The molecule has 0 aromatic rings. The van der Waals surface area contributed by atoms with Gasteiger partial charge in [0, 0.05) is 6.61 Å². The molecular weight excluding hydrogens is 272 g/mol. The van der Waals surface area contributed by atoms with E-state index in [1.807, 2.05) is 0 Å². The molecule has 0 aliphatic rings. The molecule has 0 aromatic carbocycles. The molecule has 0 heterocycles. The summed E-state index contributed by atoms with van der Waals surface area (Å²) in [5.41, 5.74) is 0. The summed E-state index contributed by atoms with van der Waals surface area (Å²) >= 11 is 0. The second-order valence-electron chi connectivity index (χ2n) is 6.88. The van der Waals surface area contributed by atoms with Gasteiger partial charge in [0.2, 0.25) is 0 Å². The van der Waals surface area contributed by atoms with Crippen LogP contribution < -0.4 is 0 Å². The minimum atomic E-state index is -0.0605. The van der Waals surface area contributed by atoms with Gasteiger partial charge in [-0.25, -0.2) is 0 Å². The molecule has 0 saturated heterocycles. The van der Waals surface area contributed by atoms with E-state index < -0.39 is 0 Å². The van der Waals surface area contributed by atoms with Crippen LogP contribution in [-0.4, -0.2) is 22.9 Å². The summed E-state index contributed by atoms with van der Waals surface area (Å²) in [7, 11) is 0. The SMILES string of the molecule is CCC(O)CCCCCCCCCCCCCCCCCO. The summed E-state index contributed by atoms with van der Waals surface area (Å²) in [4.78, 5) is 0. The predicted octanol–water partition coefficient (Wildman–Crippen LogP) is 5.99. The third-order valence-corrected chi connectivity index (χ3v) is 4.67. The van der Waals surface area contributed by atoms with Crippen LogP contribution in [0, 0.1) is 0 Å². The molecule has 0 amide bonds. The summed E-state index contributed by atoms with van der Waals surface area (Å²) in [6.45, 7) is 2.42. The Hall–Kier alpha value is -0.0800. The molecule has 0 aliphatic heterocycles. The maximum Gasteiger partial charge on any atom is 0.0537 e. The first-order valence-electron chi connectivity index (χ1n) is 10.1. The first-order chi connectivity index (χ1) is 10.8. The van der Waals surface area contributed by atoms with Crippen LogP contribution in [0.1, 0.15) is 116 Å². The van der Waals surface area contributed by atoms with Crippen LogP contribution in [0.4, 0.5) is 0 Å². The molecule has 2 heteroatoms. The molecule has 0 saturated carbocycles. The molecule has 0 bridgehead atoms. The van der Waals surface area contributed by atoms with Gasteiger partial charge in [0.05, 0.1) is 6.10 Å². The van der Waals surface area contributed by atoms with Crippen LogP contribution in [0.25, 0.3) is 0 Å². The molecule has 2 N–H and O–H groups in total. The Morgan fingerprint density at radius 3 is 1.18 bits per heavy atom. The van der Waals surface area contributed by atoms with E-state index in [1.165, 1.54) is 89.9 Å². The molecule has 0 rings (SSSR count). The monoisotopic (exact) mass is 314 g/mol. The fourth-order valence-electron chi connectivity index (χ4n) is 2.99. The van der Waals surface area contributed by atoms with E-state index in [0.717, 1.165) is 19.3 Å². The number of hydrogen-bond acceptors (Lipinski definition) is 2. The van der Waals surface area contributed by atoms with Crippen molar-refractivity contribution in [2.75, 3.05) is 6.61 Å². The van der Waals surface area contributed by atoms with Gasteiger partial charge in [-0.3, -0.25) is 0 Å². The number of hydrogen-bond donors (Lipinski definition) is 2. The lowest BCUT2D eigenvalue weighted by molar-refractivity contribution is 0.156. The number of aliphatic hydroxyl groups excluding tert-OH is 2. The average Bonchev–Trinajstić information content (AvgIpc) is 2.54. The van der Waals surface area contributed by atoms with E-state index in [4.69, 9.17) is 5.11 Å². The fraction of sp³-hybridized carbons (Fsp3) is 1.00. The Morgan fingerprint density at radius 1 is 0.545 bits per heavy atom. The standard InChI is InChI=1S/C20H42O2/c1-2-20(22)18-16-14-12-10-8-6-4-3-5-7-9-11-13-15-17-19-21/h20-22H,2-19H2,1H3. The van der Waals surface area contributed by atoms with Crippen LogP contribution in [-0.2, 0) is 0 Å². The summed E-state index contributed by atoms with van der Waals surface area (Å²) in [6, 6.07) is 0. The Morgan fingerprint density at radius 2 is 0.864 bits per heavy atom. The molecule has 0 fully saturated rings. The zero-order valence-electron chi connectivity index (χ0n) is 15.2. The largest absolute Gasteiger partial charge is 0.396 e. The van der Waals surface area contributed by atoms with Gasteiger partial charge >= 0.3 is 0 Å². The van der Waals surface area contributed by atoms with Gasteiger partial charge in [0.25, 0.3) is 0 Å². The van der Waals surface area contributed by atoms with Gasteiger partial charge in [-0.1, -0.05) is 96.8 Å². The topological polar surface area (TPSA) is 40.5 Å². The fourth-order valence-corrected chi connectivity index (χ4v) is 2.99. The summed E-state index contributed by atoms with van der Waals surface area (Å²) in [5.74, 6) is 0. The first kappa shape index (κ1) is 21.9. The predicted molar refractivity (Wildman–Crippen MR) is 97.3 cm³/mol. The quantitative estimate of drug-likeness (QED) is 0.305. The smallest absolute Gasteiger partial charge is 0.0537 e. The second-order valence-corrected chi connectivity index (χ2v) is 6.88. The lowest BCUT2D eigenvalue weighted by Gasteiger charge is -2.06. The van der Waals surface area contributed by atoms with Gasteiger partial charge in [-0.2, -0.15) is 0 Å². The van der Waals surface area contributed by atoms with Crippen molar-refractivity contribution in [3.05, 3.63) is 0 Å². The van der Waals surface area contributed by atoms with Crippen molar-refractivity contribution in [1.82, 2.24) is 0 Å². The highest BCUT2D eigenvalue weighted by molar-refractivity contribution is 4.54. The van der Waals surface area contributed by atoms with E-state index in [9.17, 15) is 5.11 Å². The van der Waals surface area contributed by atoms with Crippen molar-refractivity contribution >= 4 is 0 Å². The molecular formula is C20H42O2. The van der Waals surface area contributed by atoms with Gasteiger partial charge in [0.15, 0.2) is 0 Å². The molecule has 0 aromatic heterocycles. The molecule has 134 valence electrons. The summed E-state index contributed by atoms with van der Waals surface area (Å²) < 4.78 is 0. The highest BCUT2D eigenvalue weighted by Crippen LogP contribution is 2.14. The lowest BCUT2D eigenvalue weighted by Crippen LogP contribution is -2.03. The van der Waals surface area contributed by atoms with Crippen molar-refractivity contribution < 1.29 is 10.2 Å².